The number of methoxy groups -OCH3 is 3. The van der Waals surface area contributed by atoms with E-state index in [1.54, 1.807) is 58.2 Å². The van der Waals surface area contributed by atoms with E-state index in [-0.39, 0.29) is 22.6 Å². The van der Waals surface area contributed by atoms with E-state index in [1.807, 2.05) is 24.3 Å². The lowest BCUT2D eigenvalue weighted by molar-refractivity contribution is -0.306. The van der Waals surface area contributed by atoms with Crippen LogP contribution in [0.2, 0.25) is 0 Å². The summed E-state index contributed by atoms with van der Waals surface area (Å²) in [5.41, 5.74) is 0.595. The van der Waals surface area contributed by atoms with Crippen molar-refractivity contribution in [3.05, 3.63) is 82.2 Å². The Morgan fingerprint density at radius 1 is 0.886 bits per heavy atom. The van der Waals surface area contributed by atoms with E-state index in [0.717, 1.165) is 5.56 Å². The molecule has 0 aliphatic carbocycles. The van der Waals surface area contributed by atoms with Gasteiger partial charge in [0, 0.05) is 34.7 Å². The molecule has 1 aliphatic rings. The van der Waals surface area contributed by atoms with Gasteiger partial charge in [-0.2, -0.15) is 0 Å². The van der Waals surface area contributed by atoms with Gasteiger partial charge in [0.05, 0.1) is 19.8 Å². The number of fused-ring (bicyclic) bond motifs is 1. The molecule has 1 saturated heterocycles. The van der Waals surface area contributed by atoms with Crippen molar-refractivity contribution in [2.45, 2.75) is 51.0 Å². The van der Waals surface area contributed by atoms with Gasteiger partial charge in [0.25, 0.3) is 5.91 Å². The second-order valence-electron chi connectivity index (χ2n) is 11.0. The van der Waals surface area contributed by atoms with Gasteiger partial charge in [-0.05, 0) is 63.2 Å². The van der Waals surface area contributed by atoms with E-state index in [1.165, 1.54) is 20.3 Å². The number of anilines is 1. The number of aryl methyl sites for hydroxylation is 1. The Balaban J connectivity index is 1.41. The second-order valence-corrected chi connectivity index (χ2v) is 11.0. The molecule has 3 aromatic carbocycles. The first-order valence-corrected chi connectivity index (χ1v) is 13.9. The molecule has 4 atom stereocenters. The molecule has 44 heavy (non-hydrogen) atoms. The maximum Gasteiger partial charge on any atom is 0.360 e. The number of nitrogens with one attached hydrogen (secondary N) is 1. The minimum absolute atomic E-state index is 0.0493. The lowest BCUT2D eigenvalue weighted by Crippen LogP contribution is -2.63. The topological polar surface area (TPSA) is 146 Å². The first-order chi connectivity index (χ1) is 21.0. The number of ether oxygens (including phenoxy) is 5. The van der Waals surface area contributed by atoms with E-state index in [4.69, 9.17) is 28.1 Å². The molecule has 4 aromatic rings. The first kappa shape index (κ1) is 31.0. The van der Waals surface area contributed by atoms with Crippen LogP contribution in [0.3, 0.4) is 0 Å². The van der Waals surface area contributed by atoms with E-state index in [0.29, 0.717) is 28.0 Å². The smallest absolute Gasteiger partial charge is 0.360 e. The van der Waals surface area contributed by atoms with Crippen molar-refractivity contribution in [3.63, 3.8) is 0 Å². The molecule has 0 radical (unpaired) electrons. The number of rotatable bonds is 8. The van der Waals surface area contributed by atoms with Crippen molar-refractivity contribution in [3.8, 4) is 28.4 Å². The summed E-state index contributed by atoms with van der Waals surface area (Å²) < 4.78 is 33.8. The van der Waals surface area contributed by atoms with Gasteiger partial charge in [-0.3, -0.25) is 4.79 Å². The molecule has 1 aromatic heterocycles. The molecule has 0 spiro atoms. The maximum atomic E-state index is 13.3. The summed E-state index contributed by atoms with van der Waals surface area (Å²) in [7, 11) is 4.53. The fraction of sp³-hybridized carbons (Fsp3) is 0.333. The molecule has 0 bridgehead atoms. The molecule has 1 amide bonds. The van der Waals surface area contributed by atoms with Crippen LogP contribution in [0, 0.1) is 6.92 Å². The van der Waals surface area contributed by atoms with Crippen LogP contribution in [0.4, 0.5) is 5.69 Å². The SMILES string of the molecule is COc1ccccc1-c1cc(C(=O)Nc2cc3ccc(O[C@@H]4OC(C)(C)[C@H](OC)[C@@H](O)[C@H]4O)c(C)c3oc2=O)ccc1OC. The number of aliphatic hydroxyl groups is 2. The lowest BCUT2D eigenvalue weighted by Gasteiger charge is -2.46. The third kappa shape index (κ3) is 5.74. The molecule has 0 saturated carbocycles. The van der Waals surface area contributed by atoms with Crippen LogP contribution in [-0.4, -0.2) is 67.7 Å². The fourth-order valence-corrected chi connectivity index (χ4v) is 5.47. The van der Waals surface area contributed by atoms with Gasteiger partial charge < -0.3 is 43.6 Å². The largest absolute Gasteiger partial charge is 0.496 e. The molecule has 11 heteroatoms. The number of carbonyl (C=O) groups excluding carboxylic acids is 1. The third-order valence-corrected chi connectivity index (χ3v) is 7.75. The molecule has 3 N–H and O–H groups in total. The Morgan fingerprint density at radius 2 is 1.57 bits per heavy atom. The number of aliphatic hydroxyl groups excluding tert-OH is 2. The number of hydrogen-bond donors (Lipinski definition) is 3. The normalized spacial score (nSPS) is 21.1. The fourth-order valence-electron chi connectivity index (χ4n) is 5.47. The van der Waals surface area contributed by atoms with Gasteiger partial charge in [-0.25, -0.2) is 4.79 Å². The summed E-state index contributed by atoms with van der Waals surface area (Å²) in [5.74, 6) is 0.918. The van der Waals surface area contributed by atoms with Crippen LogP contribution in [0.15, 0.2) is 69.9 Å². The third-order valence-electron chi connectivity index (χ3n) is 7.75. The predicted molar refractivity (Wildman–Crippen MR) is 163 cm³/mol. The Bertz CT molecular complexity index is 1750. The van der Waals surface area contributed by atoms with Crippen LogP contribution in [-0.2, 0) is 9.47 Å². The number of benzene rings is 3. The molecule has 232 valence electrons. The quantitative estimate of drug-likeness (QED) is 0.249. The van der Waals surface area contributed by atoms with Crippen LogP contribution in [0.25, 0.3) is 22.1 Å². The lowest BCUT2D eigenvalue weighted by atomic mass is 9.89. The zero-order chi connectivity index (χ0) is 31.8. The molecule has 11 nitrogen and oxygen atoms in total. The maximum absolute atomic E-state index is 13.3. The zero-order valence-corrected chi connectivity index (χ0v) is 25.2. The Morgan fingerprint density at radius 3 is 2.27 bits per heavy atom. The van der Waals surface area contributed by atoms with E-state index in [2.05, 4.69) is 5.32 Å². The van der Waals surface area contributed by atoms with Crippen LogP contribution < -0.4 is 25.2 Å². The highest BCUT2D eigenvalue weighted by Crippen LogP contribution is 2.38. The van der Waals surface area contributed by atoms with E-state index < -0.39 is 41.7 Å². The Hall–Kier alpha value is -4.42. The zero-order valence-electron chi connectivity index (χ0n) is 25.2. The van der Waals surface area contributed by atoms with Gasteiger partial charge in [-0.15, -0.1) is 0 Å². The number of amides is 1. The van der Waals surface area contributed by atoms with Crippen molar-refractivity contribution >= 4 is 22.6 Å². The molecule has 0 unspecified atom stereocenters. The molecule has 1 aliphatic heterocycles. The van der Waals surface area contributed by atoms with Gasteiger partial charge in [0.2, 0.25) is 6.29 Å². The highest BCUT2D eigenvalue weighted by molar-refractivity contribution is 6.06. The van der Waals surface area contributed by atoms with Gasteiger partial charge in [0.1, 0.15) is 46.8 Å². The summed E-state index contributed by atoms with van der Waals surface area (Å²) in [6, 6.07) is 17.1. The van der Waals surface area contributed by atoms with Gasteiger partial charge in [0.15, 0.2) is 0 Å². The second kappa shape index (κ2) is 12.3. The van der Waals surface area contributed by atoms with E-state index >= 15 is 0 Å². The highest BCUT2D eigenvalue weighted by atomic mass is 16.7. The highest BCUT2D eigenvalue weighted by Gasteiger charge is 2.50. The van der Waals surface area contributed by atoms with Crippen molar-refractivity contribution in [2.75, 3.05) is 26.6 Å². The van der Waals surface area contributed by atoms with E-state index in [9.17, 15) is 19.8 Å². The first-order valence-electron chi connectivity index (χ1n) is 13.9. The van der Waals surface area contributed by atoms with Crippen molar-refractivity contribution < 1.29 is 43.1 Å². The average Bonchev–Trinajstić information content (AvgIpc) is 3.01. The number of hydrogen-bond acceptors (Lipinski definition) is 10. The van der Waals surface area contributed by atoms with Crippen molar-refractivity contribution in [1.82, 2.24) is 0 Å². The molecular formula is C33H35NO10. The van der Waals surface area contributed by atoms with Crippen molar-refractivity contribution in [2.24, 2.45) is 0 Å². The molecule has 1 fully saturated rings. The van der Waals surface area contributed by atoms with Crippen LogP contribution in [0.1, 0.15) is 29.8 Å². The summed E-state index contributed by atoms with van der Waals surface area (Å²) in [6.07, 6.45) is -4.63. The Labute approximate surface area is 253 Å². The van der Waals surface area contributed by atoms with Gasteiger partial charge >= 0.3 is 5.63 Å². The average molecular weight is 606 g/mol. The molecule has 2 heterocycles. The standard InChI is InChI=1S/C33H35NO10/c1-17-23(42-32-27(36)26(35)29(41-6)33(2,3)44-32)13-11-18-16-22(31(38)43-28(17)18)34-30(37)19-12-14-25(40-5)21(15-19)20-9-7-8-10-24(20)39-4/h7-16,26-27,29,32,35-36H,1-6H3,(H,34,37)/t26-,27+,29+,32+/m0/s1. The van der Waals surface area contributed by atoms with Crippen molar-refractivity contribution in [1.29, 1.82) is 0 Å². The summed E-state index contributed by atoms with van der Waals surface area (Å²) in [6.45, 7) is 5.13. The number of para-hydroxylation sites is 1. The minimum atomic E-state index is -1.39. The van der Waals surface area contributed by atoms with Crippen LogP contribution in [0.5, 0.6) is 17.2 Å². The van der Waals surface area contributed by atoms with Crippen LogP contribution >= 0.6 is 0 Å². The monoisotopic (exact) mass is 605 g/mol. The number of carbonyl (C=O) groups is 1. The molecular weight excluding hydrogens is 570 g/mol. The summed E-state index contributed by atoms with van der Waals surface area (Å²) in [5, 5.41) is 24.4. The molecule has 5 rings (SSSR count). The van der Waals surface area contributed by atoms with Gasteiger partial charge in [-0.1, -0.05) is 18.2 Å². The summed E-state index contributed by atoms with van der Waals surface area (Å²) >= 11 is 0. The predicted octanol–water partition coefficient (Wildman–Crippen LogP) is 4.29. The minimum Gasteiger partial charge on any atom is -0.496 e. The summed E-state index contributed by atoms with van der Waals surface area (Å²) in [4.78, 5) is 26.3. The Kier molecular flexibility index (Phi) is 8.66.